The van der Waals surface area contributed by atoms with Gasteiger partial charge in [-0.2, -0.15) is 0 Å². The highest BCUT2D eigenvalue weighted by atomic mass is 16.6. The van der Waals surface area contributed by atoms with Crippen LogP contribution in [0.3, 0.4) is 0 Å². The van der Waals surface area contributed by atoms with Crippen LogP contribution in [-0.2, 0) is 9.47 Å². The average Bonchev–Trinajstić information content (AvgIpc) is 3.62. The third-order valence-corrected chi connectivity index (χ3v) is 6.65. The normalized spacial score (nSPS) is 18.3. The van der Waals surface area contributed by atoms with Crippen molar-refractivity contribution >= 4 is 34.7 Å². The van der Waals surface area contributed by atoms with Gasteiger partial charge in [-0.15, -0.1) is 0 Å². The smallest absolute Gasteiger partial charge is 0.338 e. The minimum atomic E-state index is -1.000. The number of carbonyl (C=O) groups is 2. The van der Waals surface area contributed by atoms with E-state index in [4.69, 9.17) is 9.47 Å². The Morgan fingerprint density at radius 2 is 1.18 bits per heavy atom. The Morgan fingerprint density at radius 3 is 1.57 bits per heavy atom. The van der Waals surface area contributed by atoms with Gasteiger partial charge in [0.1, 0.15) is 6.10 Å². The van der Waals surface area contributed by atoms with Crippen LogP contribution < -0.4 is 0 Å². The molecule has 0 radical (unpaired) electrons. The lowest BCUT2D eigenvalue weighted by molar-refractivity contribution is -0.394. The van der Waals surface area contributed by atoms with Crippen LogP contribution in [0.15, 0.2) is 36.4 Å². The van der Waals surface area contributed by atoms with Crippen LogP contribution in [0.5, 0.6) is 0 Å². The average molecular weight is 560 g/mol. The Kier molecular flexibility index (Phi) is 9.03. The standard InChI is InChI=1S/C24H24N4O12/c1-3-4-5-20-21(12-39-23(29)14-6-16(25(31)32)10-17(7-14)26(33)34)22(20)13(2)40-24(30)15-8-18(27(35)36)11-19(9-15)28(37)38/h6-11,13,20-22H,3-5,12H2,1-2H3/t13-,20-,21-,22-/m1/s1. The molecule has 1 fully saturated rings. The van der Waals surface area contributed by atoms with Crippen molar-refractivity contribution in [1.29, 1.82) is 0 Å². The molecule has 2 aromatic rings. The zero-order valence-electron chi connectivity index (χ0n) is 21.3. The first kappa shape index (κ1) is 29.5. The lowest BCUT2D eigenvalue weighted by atomic mass is 10.1. The van der Waals surface area contributed by atoms with Crippen LogP contribution in [0, 0.1) is 58.2 Å². The fourth-order valence-corrected chi connectivity index (χ4v) is 4.67. The number of rotatable bonds is 13. The molecule has 0 heterocycles. The van der Waals surface area contributed by atoms with Crippen molar-refractivity contribution in [2.24, 2.45) is 17.8 Å². The first-order valence-electron chi connectivity index (χ1n) is 12.1. The van der Waals surface area contributed by atoms with E-state index >= 15 is 0 Å². The fraction of sp³-hybridized carbons (Fsp3) is 0.417. The zero-order valence-corrected chi connectivity index (χ0v) is 21.3. The van der Waals surface area contributed by atoms with Gasteiger partial charge in [-0.05, 0) is 19.3 Å². The molecule has 1 aliphatic carbocycles. The molecule has 0 spiro atoms. The van der Waals surface area contributed by atoms with Crippen molar-refractivity contribution in [2.45, 2.75) is 39.2 Å². The molecule has 0 aromatic heterocycles. The largest absolute Gasteiger partial charge is 0.462 e. The quantitative estimate of drug-likeness (QED) is 0.183. The molecule has 40 heavy (non-hydrogen) atoms. The number of nitro groups is 4. The van der Waals surface area contributed by atoms with Crippen molar-refractivity contribution < 1.29 is 38.8 Å². The lowest BCUT2D eigenvalue weighted by Gasteiger charge is -2.14. The number of hydrogen-bond donors (Lipinski definition) is 0. The Morgan fingerprint density at radius 1 is 0.750 bits per heavy atom. The van der Waals surface area contributed by atoms with E-state index in [1.807, 2.05) is 6.92 Å². The molecule has 16 nitrogen and oxygen atoms in total. The molecule has 0 amide bonds. The maximum atomic E-state index is 12.7. The van der Waals surface area contributed by atoms with E-state index in [0.717, 1.165) is 49.2 Å². The first-order chi connectivity index (χ1) is 18.8. The van der Waals surface area contributed by atoms with E-state index in [-0.39, 0.29) is 35.5 Å². The van der Waals surface area contributed by atoms with Crippen molar-refractivity contribution in [2.75, 3.05) is 6.61 Å². The fourth-order valence-electron chi connectivity index (χ4n) is 4.67. The van der Waals surface area contributed by atoms with Crippen LogP contribution >= 0.6 is 0 Å². The van der Waals surface area contributed by atoms with Gasteiger partial charge < -0.3 is 9.47 Å². The summed E-state index contributed by atoms with van der Waals surface area (Å²) in [4.78, 5) is 66.3. The van der Waals surface area contributed by atoms with Gasteiger partial charge in [0.05, 0.1) is 49.6 Å². The van der Waals surface area contributed by atoms with Gasteiger partial charge in [0.15, 0.2) is 0 Å². The van der Waals surface area contributed by atoms with Gasteiger partial charge in [0, 0.05) is 36.1 Å². The summed E-state index contributed by atoms with van der Waals surface area (Å²) in [6, 6.07) is 4.94. The topological polar surface area (TPSA) is 225 Å². The number of nitro benzene ring substituents is 4. The lowest BCUT2D eigenvalue weighted by Crippen LogP contribution is -2.19. The summed E-state index contributed by atoms with van der Waals surface area (Å²) in [5.41, 5.74) is -3.32. The molecule has 0 bridgehead atoms. The predicted octanol–water partition coefficient (Wildman–Crippen LogP) is 4.77. The Hall–Kier alpha value is -5.02. The highest BCUT2D eigenvalue weighted by Gasteiger charge is 2.54. The molecule has 4 atom stereocenters. The molecule has 212 valence electrons. The summed E-state index contributed by atoms with van der Waals surface area (Å²) < 4.78 is 10.8. The number of nitrogens with zero attached hydrogens (tertiary/aromatic N) is 4. The molecule has 1 saturated carbocycles. The highest BCUT2D eigenvalue weighted by molar-refractivity contribution is 5.91. The second-order valence-electron chi connectivity index (χ2n) is 9.26. The van der Waals surface area contributed by atoms with Crippen molar-refractivity contribution in [3.05, 3.63) is 88.0 Å². The summed E-state index contributed by atoms with van der Waals surface area (Å²) >= 11 is 0. The molecule has 16 heteroatoms. The number of ether oxygens (including phenoxy) is 2. The maximum Gasteiger partial charge on any atom is 0.338 e. The minimum absolute atomic E-state index is 0.0329. The number of non-ortho nitro benzene ring substituents is 4. The van der Waals surface area contributed by atoms with Crippen LogP contribution in [0.2, 0.25) is 0 Å². The van der Waals surface area contributed by atoms with Crippen LogP contribution in [-0.4, -0.2) is 44.3 Å². The van der Waals surface area contributed by atoms with Gasteiger partial charge in [0.25, 0.3) is 22.7 Å². The Balaban J connectivity index is 1.72. The van der Waals surface area contributed by atoms with Gasteiger partial charge in [-0.25, -0.2) is 9.59 Å². The van der Waals surface area contributed by atoms with E-state index < -0.39 is 60.5 Å². The van der Waals surface area contributed by atoms with Crippen molar-refractivity contribution in [3.8, 4) is 0 Å². The summed E-state index contributed by atoms with van der Waals surface area (Å²) in [7, 11) is 0. The molecule has 2 aromatic carbocycles. The number of unbranched alkanes of at least 4 members (excludes halogenated alkanes) is 1. The van der Waals surface area contributed by atoms with Crippen LogP contribution in [0.4, 0.5) is 22.7 Å². The van der Waals surface area contributed by atoms with E-state index in [0.29, 0.717) is 6.42 Å². The minimum Gasteiger partial charge on any atom is -0.462 e. The summed E-state index contributed by atoms with van der Waals surface area (Å²) in [6.07, 6.45) is 1.63. The van der Waals surface area contributed by atoms with Crippen LogP contribution in [0.1, 0.15) is 53.8 Å². The van der Waals surface area contributed by atoms with E-state index in [1.54, 1.807) is 6.92 Å². The van der Waals surface area contributed by atoms with E-state index in [9.17, 15) is 50.0 Å². The summed E-state index contributed by atoms with van der Waals surface area (Å²) in [5.74, 6) is -2.59. The number of benzene rings is 2. The van der Waals surface area contributed by atoms with Gasteiger partial charge in [-0.1, -0.05) is 19.8 Å². The second-order valence-corrected chi connectivity index (χ2v) is 9.26. The van der Waals surface area contributed by atoms with Crippen molar-refractivity contribution in [3.63, 3.8) is 0 Å². The molecule has 0 aliphatic heterocycles. The second kappa shape index (κ2) is 12.2. The molecule has 3 rings (SSSR count). The molecule has 0 saturated heterocycles. The molecule has 1 aliphatic rings. The maximum absolute atomic E-state index is 12.7. The first-order valence-corrected chi connectivity index (χ1v) is 12.1. The van der Waals surface area contributed by atoms with E-state index in [2.05, 4.69) is 0 Å². The zero-order chi connectivity index (χ0) is 29.7. The summed E-state index contributed by atoms with van der Waals surface area (Å²) in [6.45, 7) is 3.40. The number of hydrogen-bond acceptors (Lipinski definition) is 12. The van der Waals surface area contributed by atoms with Gasteiger partial charge >= 0.3 is 11.9 Å². The number of carbonyl (C=O) groups excluding carboxylic acids is 2. The monoisotopic (exact) mass is 560 g/mol. The molecule has 0 unspecified atom stereocenters. The molecular weight excluding hydrogens is 536 g/mol. The SMILES string of the molecule is CCCC[C@@H]1[C@@H](COC(=O)c2cc([N+](=O)[O-])cc([N+](=O)[O-])c2)[C@@H]1[C@@H](C)OC(=O)c1cc([N+](=O)[O-])cc([N+](=O)[O-])c1. The van der Waals surface area contributed by atoms with Gasteiger partial charge in [0.2, 0.25) is 0 Å². The third-order valence-electron chi connectivity index (χ3n) is 6.65. The highest BCUT2D eigenvalue weighted by Crippen LogP contribution is 2.52. The Bertz CT molecular complexity index is 1310. The predicted molar refractivity (Wildman–Crippen MR) is 135 cm³/mol. The van der Waals surface area contributed by atoms with E-state index in [1.165, 1.54) is 0 Å². The third kappa shape index (κ3) is 6.89. The van der Waals surface area contributed by atoms with Gasteiger partial charge in [-0.3, -0.25) is 40.5 Å². The molecular formula is C24H24N4O12. The van der Waals surface area contributed by atoms with Crippen molar-refractivity contribution in [1.82, 2.24) is 0 Å². The number of esters is 2. The van der Waals surface area contributed by atoms with Crippen LogP contribution in [0.25, 0.3) is 0 Å². The summed E-state index contributed by atoms with van der Waals surface area (Å²) in [5, 5.41) is 44.5. The molecule has 0 N–H and O–H groups in total. The Labute approximate surface area is 225 Å².